The number of benzene rings is 1. The van der Waals surface area contributed by atoms with Crippen LogP contribution in [0.25, 0.3) is 0 Å². The second-order valence-corrected chi connectivity index (χ2v) is 10.1. The fraction of sp³-hybridized carbons (Fsp3) is 0.480. The Morgan fingerprint density at radius 2 is 2.00 bits per heavy atom. The maximum Gasteiger partial charge on any atom is 0.410 e. The molecule has 1 aliphatic rings. The number of nitrogens with zero attached hydrogens (tertiary/aromatic N) is 3. The first kappa shape index (κ1) is 26.7. The smallest absolute Gasteiger partial charge is 0.410 e. The van der Waals surface area contributed by atoms with Crippen molar-refractivity contribution in [3.8, 4) is 5.75 Å². The highest BCUT2D eigenvalue weighted by Crippen LogP contribution is 2.28. The van der Waals surface area contributed by atoms with Crippen molar-refractivity contribution < 1.29 is 28.6 Å². The second-order valence-electron chi connectivity index (χ2n) is 9.70. The molecular weight excluding hydrogens is 477 g/mol. The molecule has 1 aromatic carbocycles. The molecule has 0 aliphatic carbocycles. The van der Waals surface area contributed by atoms with Crippen LogP contribution in [0.4, 0.5) is 9.18 Å². The number of aromatic carboxylic acids is 1. The molecule has 2 atom stereocenters. The third-order valence-corrected chi connectivity index (χ3v) is 5.92. The normalized spacial score (nSPS) is 17.7. The summed E-state index contributed by atoms with van der Waals surface area (Å²) in [6, 6.07) is 6.00. The number of carboxylic acids is 1. The van der Waals surface area contributed by atoms with Gasteiger partial charge in [0.05, 0.1) is 11.2 Å². The number of hydrogen-bond donors (Lipinski definition) is 1. The van der Waals surface area contributed by atoms with Gasteiger partial charge in [-0.3, -0.25) is 4.90 Å². The average molecular weight is 508 g/mol. The Balaban J connectivity index is 1.78. The van der Waals surface area contributed by atoms with E-state index in [1.54, 1.807) is 24.0 Å². The lowest BCUT2D eigenvalue weighted by Crippen LogP contribution is -2.55. The molecule has 1 fully saturated rings. The van der Waals surface area contributed by atoms with Crippen LogP contribution in [0.3, 0.4) is 0 Å². The minimum atomic E-state index is -1.12. The van der Waals surface area contributed by atoms with Crippen molar-refractivity contribution in [1.29, 1.82) is 0 Å². The summed E-state index contributed by atoms with van der Waals surface area (Å²) in [5.74, 6) is -1.31. The Morgan fingerprint density at radius 1 is 1.29 bits per heavy atom. The van der Waals surface area contributed by atoms with Gasteiger partial charge in [-0.25, -0.2) is 19.0 Å². The Labute approximate surface area is 209 Å². The SMILES string of the molecule is Cc1cc(OC(CN2CCN(C(=O)OC(C)(C)C)[C@H](C)C2)c2ccc(Cl)c(F)c2)cnc1C(=O)O. The van der Waals surface area contributed by atoms with Crippen molar-refractivity contribution in [2.24, 2.45) is 0 Å². The Morgan fingerprint density at radius 3 is 2.57 bits per heavy atom. The van der Waals surface area contributed by atoms with E-state index in [-0.39, 0.29) is 22.9 Å². The zero-order valence-electron chi connectivity index (χ0n) is 20.5. The van der Waals surface area contributed by atoms with E-state index in [0.717, 1.165) is 0 Å². The van der Waals surface area contributed by atoms with E-state index >= 15 is 0 Å². The van der Waals surface area contributed by atoms with Gasteiger partial charge in [0.1, 0.15) is 23.3 Å². The van der Waals surface area contributed by atoms with Gasteiger partial charge in [0.2, 0.25) is 0 Å². The van der Waals surface area contributed by atoms with Gasteiger partial charge >= 0.3 is 12.1 Å². The van der Waals surface area contributed by atoms with Gasteiger partial charge in [-0.05, 0) is 63.9 Å². The van der Waals surface area contributed by atoms with Gasteiger partial charge in [-0.15, -0.1) is 0 Å². The number of carboxylic acid groups (broad SMARTS) is 1. The number of amides is 1. The van der Waals surface area contributed by atoms with E-state index in [1.807, 2.05) is 27.7 Å². The van der Waals surface area contributed by atoms with Crippen LogP contribution in [0.1, 0.15) is 55.4 Å². The van der Waals surface area contributed by atoms with Gasteiger partial charge in [-0.2, -0.15) is 0 Å². The number of pyridine rings is 1. The van der Waals surface area contributed by atoms with E-state index in [4.69, 9.17) is 21.1 Å². The van der Waals surface area contributed by atoms with Gasteiger partial charge in [0, 0.05) is 32.2 Å². The predicted molar refractivity (Wildman–Crippen MR) is 130 cm³/mol. The highest BCUT2D eigenvalue weighted by molar-refractivity contribution is 6.30. The van der Waals surface area contributed by atoms with Crippen molar-refractivity contribution in [3.05, 3.63) is 58.1 Å². The summed E-state index contributed by atoms with van der Waals surface area (Å²) < 4.78 is 26.0. The maximum atomic E-state index is 14.3. The molecule has 0 bridgehead atoms. The molecule has 1 amide bonds. The quantitative estimate of drug-likeness (QED) is 0.591. The molecule has 2 aromatic rings. The fourth-order valence-electron chi connectivity index (χ4n) is 3.95. The summed E-state index contributed by atoms with van der Waals surface area (Å²) in [6.45, 7) is 11.1. The van der Waals surface area contributed by atoms with Crippen molar-refractivity contribution in [2.75, 3.05) is 26.2 Å². The van der Waals surface area contributed by atoms with E-state index in [2.05, 4.69) is 9.88 Å². The molecule has 1 aromatic heterocycles. The molecule has 10 heteroatoms. The summed E-state index contributed by atoms with van der Waals surface area (Å²) >= 11 is 5.87. The molecule has 0 saturated carbocycles. The highest BCUT2D eigenvalue weighted by atomic mass is 35.5. The van der Waals surface area contributed by atoms with Gasteiger partial charge < -0.3 is 19.5 Å². The van der Waals surface area contributed by atoms with E-state index in [9.17, 15) is 19.1 Å². The first-order chi connectivity index (χ1) is 16.3. The van der Waals surface area contributed by atoms with Crippen LogP contribution in [-0.2, 0) is 4.74 Å². The van der Waals surface area contributed by atoms with Crippen LogP contribution in [0.15, 0.2) is 30.5 Å². The zero-order chi connectivity index (χ0) is 25.9. The van der Waals surface area contributed by atoms with Crippen molar-refractivity contribution in [2.45, 2.75) is 52.4 Å². The summed E-state index contributed by atoms with van der Waals surface area (Å²) in [5, 5.41) is 9.25. The average Bonchev–Trinajstić information content (AvgIpc) is 2.74. The molecule has 190 valence electrons. The molecule has 0 spiro atoms. The topological polar surface area (TPSA) is 92.2 Å². The first-order valence-corrected chi connectivity index (χ1v) is 11.8. The van der Waals surface area contributed by atoms with Gasteiger partial charge in [0.25, 0.3) is 0 Å². The van der Waals surface area contributed by atoms with Crippen LogP contribution in [0, 0.1) is 12.7 Å². The highest BCUT2D eigenvalue weighted by Gasteiger charge is 2.32. The fourth-order valence-corrected chi connectivity index (χ4v) is 4.07. The van der Waals surface area contributed by atoms with Crippen LogP contribution >= 0.6 is 11.6 Å². The first-order valence-electron chi connectivity index (χ1n) is 11.4. The summed E-state index contributed by atoms with van der Waals surface area (Å²) in [4.78, 5) is 31.7. The number of rotatable bonds is 6. The van der Waals surface area contributed by atoms with Crippen LogP contribution in [-0.4, -0.2) is 69.8 Å². The third-order valence-electron chi connectivity index (χ3n) is 5.61. The number of carbonyl (C=O) groups excluding carboxylic acids is 1. The van der Waals surface area contributed by atoms with Crippen molar-refractivity contribution in [3.63, 3.8) is 0 Å². The van der Waals surface area contributed by atoms with E-state index < -0.39 is 23.5 Å². The molecule has 3 rings (SSSR count). The molecule has 0 radical (unpaired) electrons. The van der Waals surface area contributed by atoms with Gasteiger partial charge in [0.15, 0.2) is 5.69 Å². The lowest BCUT2D eigenvalue weighted by Gasteiger charge is -2.41. The number of piperazine rings is 1. The summed E-state index contributed by atoms with van der Waals surface area (Å²) in [7, 11) is 0. The number of carbonyl (C=O) groups is 2. The maximum absolute atomic E-state index is 14.3. The molecule has 1 N–H and O–H groups in total. The molecule has 35 heavy (non-hydrogen) atoms. The van der Waals surface area contributed by atoms with Crippen molar-refractivity contribution in [1.82, 2.24) is 14.8 Å². The lowest BCUT2D eigenvalue weighted by molar-refractivity contribution is -0.00301. The molecular formula is C25H31ClFN3O5. The Hall–Kier alpha value is -2.91. The minimum absolute atomic E-state index is 0.00965. The Bertz CT molecular complexity index is 1090. The monoisotopic (exact) mass is 507 g/mol. The number of ether oxygens (including phenoxy) is 2. The number of hydrogen-bond acceptors (Lipinski definition) is 6. The van der Waals surface area contributed by atoms with Crippen molar-refractivity contribution >= 4 is 23.7 Å². The predicted octanol–water partition coefficient (Wildman–Crippen LogP) is 4.94. The molecule has 1 aliphatic heterocycles. The minimum Gasteiger partial charge on any atom is -0.483 e. The molecule has 8 nitrogen and oxygen atoms in total. The van der Waals surface area contributed by atoms with Crippen LogP contribution < -0.4 is 4.74 Å². The Kier molecular flexibility index (Phi) is 8.22. The molecule has 1 saturated heterocycles. The summed E-state index contributed by atoms with van der Waals surface area (Å²) in [5.41, 5.74) is 0.400. The number of aryl methyl sites for hydroxylation is 1. The van der Waals surface area contributed by atoms with Crippen LogP contribution in [0.5, 0.6) is 5.75 Å². The van der Waals surface area contributed by atoms with Gasteiger partial charge in [-0.1, -0.05) is 17.7 Å². The van der Waals surface area contributed by atoms with E-state index in [0.29, 0.717) is 43.1 Å². The molecule has 1 unspecified atom stereocenters. The van der Waals surface area contributed by atoms with E-state index in [1.165, 1.54) is 18.3 Å². The standard InChI is InChI=1S/C25H31ClFN3O5/c1-15-10-18(12-28-22(15)23(31)32)34-21(17-6-7-19(26)20(27)11-17)14-29-8-9-30(16(2)13-29)24(33)35-25(3,4)5/h6-7,10-12,16,21H,8-9,13-14H2,1-5H3,(H,31,32)/t16-,21?/m1/s1. The third kappa shape index (κ3) is 7.05. The summed E-state index contributed by atoms with van der Waals surface area (Å²) in [6.07, 6.45) is 0.412. The van der Waals surface area contributed by atoms with Crippen LogP contribution in [0.2, 0.25) is 5.02 Å². The lowest BCUT2D eigenvalue weighted by atomic mass is 10.1. The largest absolute Gasteiger partial charge is 0.483 e. The second kappa shape index (κ2) is 10.8. The molecule has 2 heterocycles. The zero-order valence-corrected chi connectivity index (χ0v) is 21.3. The number of aromatic nitrogens is 1. The number of halogens is 2.